The first-order valence-electron chi connectivity index (χ1n) is 4.93. The van der Waals surface area contributed by atoms with Crippen LogP contribution in [0.4, 0.5) is 5.00 Å². The van der Waals surface area contributed by atoms with Crippen molar-refractivity contribution in [3.63, 3.8) is 0 Å². The minimum Gasteiger partial charge on any atom is -0.376 e. The molecule has 0 bridgehead atoms. The summed E-state index contributed by atoms with van der Waals surface area (Å²) in [6, 6.07) is 3.96. The number of pyridine rings is 1. The summed E-state index contributed by atoms with van der Waals surface area (Å²) in [5.74, 6) is 0. The molecule has 0 aliphatic rings. The minimum atomic E-state index is 0.926. The highest BCUT2D eigenvalue weighted by atomic mass is 32.1. The van der Waals surface area contributed by atoms with Crippen LogP contribution in [0.15, 0.2) is 24.5 Å². The lowest BCUT2D eigenvalue weighted by Gasteiger charge is -1.96. The van der Waals surface area contributed by atoms with Crippen molar-refractivity contribution in [2.75, 3.05) is 11.9 Å². The third-order valence-electron chi connectivity index (χ3n) is 2.04. The molecule has 0 aromatic carbocycles. The Morgan fingerprint density at radius 2 is 2.33 bits per heavy atom. The highest BCUT2D eigenvalue weighted by molar-refractivity contribution is 7.19. The van der Waals surface area contributed by atoms with Gasteiger partial charge >= 0.3 is 0 Å². The molecule has 3 nitrogen and oxygen atoms in total. The zero-order valence-electron chi connectivity index (χ0n) is 8.82. The van der Waals surface area contributed by atoms with Crippen LogP contribution < -0.4 is 5.32 Å². The second kappa shape index (κ2) is 4.40. The number of aromatic nitrogens is 2. The lowest BCUT2D eigenvalue weighted by Crippen LogP contribution is -1.94. The zero-order chi connectivity index (χ0) is 10.7. The summed E-state index contributed by atoms with van der Waals surface area (Å²) in [5.41, 5.74) is 2.13. The maximum absolute atomic E-state index is 4.52. The van der Waals surface area contributed by atoms with E-state index in [-0.39, 0.29) is 0 Å². The van der Waals surface area contributed by atoms with Gasteiger partial charge in [-0.25, -0.2) is 4.98 Å². The zero-order valence-corrected chi connectivity index (χ0v) is 9.64. The number of nitrogens with one attached hydrogen (secondary N) is 1. The van der Waals surface area contributed by atoms with Crippen molar-refractivity contribution in [3.05, 3.63) is 30.2 Å². The fourth-order valence-corrected chi connectivity index (χ4v) is 2.36. The van der Waals surface area contributed by atoms with Crippen LogP contribution in [-0.4, -0.2) is 16.5 Å². The molecule has 1 N–H and O–H groups in total. The summed E-state index contributed by atoms with van der Waals surface area (Å²) >= 11 is 1.67. The number of nitrogens with zero attached hydrogens (tertiary/aromatic N) is 2. The van der Waals surface area contributed by atoms with Gasteiger partial charge in [0.2, 0.25) is 0 Å². The number of rotatable bonds is 3. The highest BCUT2D eigenvalue weighted by Gasteiger charge is 2.07. The fourth-order valence-electron chi connectivity index (χ4n) is 1.33. The lowest BCUT2D eigenvalue weighted by atomic mass is 10.3. The van der Waals surface area contributed by atoms with Gasteiger partial charge in [-0.05, 0) is 26.0 Å². The monoisotopic (exact) mass is 219 g/mol. The van der Waals surface area contributed by atoms with Gasteiger partial charge in [-0.3, -0.25) is 4.98 Å². The van der Waals surface area contributed by atoms with Crippen molar-refractivity contribution in [1.82, 2.24) is 9.97 Å². The van der Waals surface area contributed by atoms with Crippen molar-refractivity contribution in [2.24, 2.45) is 0 Å². The molecule has 15 heavy (non-hydrogen) atoms. The van der Waals surface area contributed by atoms with Crippen molar-refractivity contribution in [1.29, 1.82) is 0 Å². The first kappa shape index (κ1) is 10.1. The summed E-state index contributed by atoms with van der Waals surface area (Å²) < 4.78 is 0. The van der Waals surface area contributed by atoms with E-state index in [1.165, 1.54) is 0 Å². The fraction of sp³-hybridized carbons (Fsp3) is 0.273. The van der Waals surface area contributed by atoms with Crippen LogP contribution in [0.5, 0.6) is 0 Å². The predicted octanol–water partition coefficient (Wildman–Crippen LogP) is 2.95. The Hall–Kier alpha value is -1.42. The number of anilines is 1. The first-order valence-corrected chi connectivity index (χ1v) is 5.74. The molecule has 0 radical (unpaired) electrons. The number of thiazole rings is 1. The van der Waals surface area contributed by atoms with Gasteiger partial charge in [0, 0.05) is 24.5 Å². The van der Waals surface area contributed by atoms with Crippen molar-refractivity contribution in [3.8, 4) is 10.6 Å². The summed E-state index contributed by atoms with van der Waals surface area (Å²) in [4.78, 5) is 8.61. The van der Waals surface area contributed by atoms with Gasteiger partial charge in [-0.2, -0.15) is 0 Å². The van der Waals surface area contributed by atoms with E-state index in [0.717, 1.165) is 27.8 Å². The summed E-state index contributed by atoms with van der Waals surface area (Å²) in [5, 5.41) is 5.48. The number of hydrogen-bond acceptors (Lipinski definition) is 4. The molecule has 4 heteroatoms. The molecule has 0 fully saturated rings. The molecular formula is C11H13N3S. The Morgan fingerprint density at radius 3 is 3.00 bits per heavy atom. The summed E-state index contributed by atoms with van der Waals surface area (Å²) in [6.07, 6.45) is 3.61. The average molecular weight is 219 g/mol. The van der Waals surface area contributed by atoms with Crippen molar-refractivity contribution in [2.45, 2.75) is 13.8 Å². The topological polar surface area (TPSA) is 37.8 Å². The van der Waals surface area contributed by atoms with Gasteiger partial charge in [-0.1, -0.05) is 11.3 Å². The molecule has 78 valence electrons. The Bertz CT molecular complexity index is 436. The van der Waals surface area contributed by atoms with E-state index in [2.05, 4.69) is 22.2 Å². The van der Waals surface area contributed by atoms with Gasteiger partial charge < -0.3 is 5.32 Å². The molecule has 0 unspecified atom stereocenters. The van der Waals surface area contributed by atoms with Crippen LogP contribution in [-0.2, 0) is 0 Å². The molecule has 0 saturated carbocycles. The van der Waals surface area contributed by atoms with E-state index < -0.39 is 0 Å². The van der Waals surface area contributed by atoms with Crippen molar-refractivity contribution >= 4 is 16.3 Å². The van der Waals surface area contributed by atoms with Gasteiger partial charge in [0.1, 0.15) is 10.0 Å². The van der Waals surface area contributed by atoms with E-state index >= 15 is 0 Å². The molecule has 0 amide bonds. The van der Waals surface area contributed by atoms with Crippen LogP contribution >= 0.6 is 11.3 Å². The molecule has 0 aliphatic carbocycles. The molecule has 0 spiro atoms. The third-order valence-corrected chi connectivity index (χ3v) is 3.21. The maximum Gasteiger partial charge on any atom is 0.127 e. The second-order valence-corrected chi connectivity index (χ2v) is 4.20. The summed E-state index contributed by atoms with van der Waals surface area (Å²) in [7, 11) is 0. The predicted molar refractivity (Wildman–Crippen MR) is 64.2 cm³/mol. The van der Waals surface area contributed by atoms with Crippen LogP contribution in [0.2, 0.25) is 0 Å². The average Bonchev–Trinajstić information content (AvgIpc) is 2.63. The molecule has 0 atom stereocenters. The van der Waals surface area contributed by atoms with Gasteiger partial charge in [0.15, 0.2) is 0 Å². The molecule has 0 saturated heterocycles. The van der Waals surface area contributed by atoms with E-state index in [4.69, 9.17) is 0 Å². The minimum absolute atomic E-state index is 0.926. The molecule has 2 aromatic heterocycles. The standard InChI is InChI=1S/C11H13N3S/c1-3-13-10-8(2)14-11(15-10)9-5-4-6-12-7-9/h4-7,13H,3H2,1-2H3. The Kier molecular flexibility index (Phi) is 2.97. The largest absolute Gasteiger partial charge is 0.376 e. The molecular weight excluding hydrogens is 206 g/mol. The number of hydrogen-bond donors (Lipinski definition) is 1. The van der Waals surface area contributed by atoms with Crippen LogP contribution in [0, 0.1) is 6.92 Å². The van der Waals surface area contributed by atoms with Crippen LogP contribution in [0.3, 0.4) is 0 Å². The van der Waals surface area contributed by atoms with Gasteiger partial charge in [-0.15, -0.1) is 0 Å². The quantitative estimate of drug-likeness (QED) is 0.862. The molecule has 0 aliphatic heterocycles. The molecule has 2 aromatic rings. The smallest absolute Gasteiger partial charge is 0.127 e. The molecule has 2 rings (SSSR count). The van der Waals surface area contributed by atoms with Crippen LogP contribution in [0.25, 0.3) is 10.6 Å². The third kappa shape index (κ3) is 2.15. The number of aryl methyl sites for hydroxylation is 1. The van der Waals surface area contributed by atoms with E-state index in [1.807, 2.05) is 25.3 Å². The lowest BCUT2D eigenvalue weighted by molar-refractivity contribution is 1.19. The second-order valence-electron chi connectivity index (χ2n) is 3.21. The van der Waals surface area contributed by atoms with Crippen LogP contribution in [0.1, 0.15) is 12.6 Å². The molecule has 2 heterocycles. The highest BCUT2D eigenvalue weighted by Crippen LogP contribution is 2.30. The SMILES string of the molecule is CCNc1sc(-c2cccnc2)nc1C. The van der Waals surface area contributed by atoms with Gasteiger partial charge in [0.05, 0.1) is 5.69 Å². The first-order chi connectivity index (χ1) is 7.31. The van der Waals surface area contributed by atoms with E-state index in [1.54, 1.807) is 17.5 Å². The maximum atomic E-state index is 4.52. The normalized spacial score (nSPS) is 10.3. The summed E-state index contributed by atoms with van der Waals surface area (Å²) in [6.45, 7) is 5.03. The van der Waals surface area contributed by atoms with E-state index in [9.17, 15) is 0 Å². The Balaban J connectivity index is 2.34. The Labute approximate surface area is 93.2 Å². The van der Waals surface area contributed by atoms with Crippen molar-refractivity contribution < 1.29 is 0 Å². The van der Waals surface area contributed by atoms with Gasteiger partial charge in [0.25, 0.3) is 0 Å². The Morgan fingerprint density at radius 1 is 1.47 bits per heavy atom. The van der Waals surface area contributed by atoms with E-state index in [0.29, 0.717) is 0 Å².